The van der Waals surface area contributed by atoms with Crippen molar-refractivity contribution in [2.75, 3.05) is 19.0 Å². The topological polar surface area (TPSA) is 75.6 Å². The zero-order valence-corrected chi connectivity index (χ0v) is 15.4. The van der Waals surface area contributed by atoms with Gasteiger partial charge in [0.25, 0.3) is 0 Å². The molecule has 1 aromatic heterocycles. The standard InChI is InChI=1S/C20H24N4O2/c1-4-21-19-18-15(12-22-20(18)26-3)10-16(24-19)11-17(25)23-13(2)14-8-6-5-7-9-14/h5-10,13H,4,11-12H2,1-3H3,(H,21,24)(H,23,25)/t13-/m1/s1. The van der Waals surface area contributed by atoms with Crippen LogP contribution in [0.25, 0.3) is 0 Å². The molecule has 0 bridgehead atoms. The van der Waals surface area contributed by atoms with Gasteiger partial charge in [-0.25, -0.2) is 9.98 Å². The van der Waals surface area contributed by atoms with Crippen molar-refractivity contribution in [3.63, 3.8) is 0 Å². The summed E-state index contributed by atoms with van der Waals surface area (Å²) in [5.74, 6) is 1.27. The van der Waals surface area contributed by atoms with Crippen LogP contribution < -0.4 is 10.6 Å². The fourth-order valence-corrected chi connectivity index (χ4v) is 3.09. The molecule has 3 rings (SSSR count). The maximum atomic E-state index is 12.5. The Hall–Kier alpha value is -2.89. The van der Waals surface area contributed by atoms with Crippen LogP contribution in [0.1, 0.15) is 42.3 Å². The summed E-state index contributed by atoms with van der Waals surface area (Å²) < 4.78 is 5.34. The SMILES string of the molecule is CCNc1nc(CC(=O)N[C@H](C)c2ccccc2)cc2c1C(OC)=NC2. The van der Waals surface area contributed by atoms with E-state index in [2.05, 4.69) is 20.6 Å². The Bertz CT molecular complexity index is 818. The molecule has 6 nitrogen and oxygen atoms in total. The molecule has 1 aliphatic heterocycles. The van der Waals surface area contributed by atoms with E-state index in [0.717, 1.165) is 34.7 Å². The Kier molecular flexibility index (Phi) is 5.51. The molecular weight excluding hydrogens is 328 g/mol. The van der Waals surface area contributed by atoms with Crippen molar-refractivity contribution in [1.82, 2.24) is 10.3 Å². The third-order valence-corrected chi connectivity index (χ3v) is 4.32. The van der Waals surface area contributed by atoms with E-state index in [1.807, 2.05) is 50.2 Å². The molecule has 0 saturated carbocycles. The molecule has 2 N–H and O–H groups in total. The highest BCUT2D eigenvalue weighted by Gasteiger charge is 2.23. The summed E-state index contributed by atoms with van der Waals surface area (Å²) in [6.45, 7) is 5.27. The number of aliphatic imine (C=N–C) groups is 1. The van der Waals surface area contributed by atoms with E-state index in [1.54, 1.807) is 7.11 Å². The molecule has 1 amide bonds. The lowest BCUT2D eigenvalue weighted by atomic mass is 10.1. The molecule has 0 spiro atoms. The summed E-state index contributed by atoms with van der Waals surface area (Å²) in [6.07, 6.45) is 0.227. The van der Waals surface area contributed by atoms with Gasteiger partial charge in [0.15, 0.2) is 0 Å². The van der Waals surface area contributed by atoms with Crippen molar-refractivity contribution >= 4 is 17.6 Å². The zero-order valence-electron chi connectivity index (χ0n) is 15.4. The first-order valence-electron chi connectivity index (χ1n) is 8.82. The van der Waals surface area contributed by atoms with Crippen LogP contribution in [0.3, 0.4) is 0 Å². The molecule has 0 radical (unpaired) electrons. The number of benzene rings is 1. The van der Waals surface area contributed by atoms with Crippen LogP contribution in [0.5, 0.6) is 0 Å². The fraction of sp³-hybridized carbons (Fsp3) is 0.350. The minimum Gasteiger partial charge on any atom is -0.481 e. The minimum atomic E-state index is -0.0536. The maximum Gasteiger partial charge on any atom is 0.226 e. The number of amides is 1. The summed E-state index contributed by atoms with van der Waals surface area (Å²) in [7, 11) is 1.61. The second kappa shape index (κ2) is 7.99. The molecule has 136 valence electrons. The number of methoxy groups -OCH3 is 1. The highest BCUT2D eigenvalue weighted by Crippen LogP contribution is 2.27. The molecule has 2 aromatic rings. The van der Waals surface area contributed by atoms with Crippen LogP contribution in [0.4, 0.5) is 5.82 Å². The molecule has 0 aliphatic carbocycles. The van der Waals surface area contributed by atoms with Gasteiger partial charge in [-0.3, -0.25) is 4.79 Å². The van der Waals surface area contributed by atoms with Gasteiger partial charge in [0.1, 0.15) is 5.82 Å². The van der Waals surface area contributed by atoms with Gasteiger partial charge in [-0.15, -0.1) is 0 Å². The van der Waals surface area contributed by atoms with Gasteiger partial charge >= 0.3 is 0 Å². The predicted octanol–water partition coefficient (Wildman–Crippen LogP) is 2.84. The Morgan fingerprint density at radius 2 is 2.08 bits per heavy atom. The number of nitrogens with zero attached hydrogens (tertiary/aromatic N) is 2. The molecule has 1 atom stereocenters. The number of ether oxygens (including phenoxy) is 1. The quantitative estimate of drug-likeness (QED) is 0.838. The Labute approximate surface area is 153 Å². The number of hydrogen-bond donors (Lipinski definition) is 2. The smallest absolute Gasteiger partial charge is 0.226 e. The number of aromatic nitrogens is 1. The van der Waals surface area contributed by atoms with Gasteiger partial charge < -0.3 is 15.4 Å². The average molecular weight is 352 g/mol. The van der Waals surface area contributed by atoms with Crippen molar-refractivity contribution < 1.29 is 9.53 Å². The average Bonchev–Trinajstić information content (AvgIpc) is 3.06. The van der Waals surface area contributed by atoms with E-state index >= 15 is 0 Å². The van der Waals surface area contributed by atoms with Gasteiger partial charge in [0.2, 0.25) is 11.8 Å². The molecule has 1 aromatic carbocycles. The molecular formula is C20H24N4O2. The van der Waals surface area contributed by atoms with Crippen molar-refractivity contribution in [2.24, 2.45) is 4.99 Å². The first-order chi connectivity index (χ1) is 12.6. The van der Waals surface area contributed by atoms with E-state index in [1.165, 1.54) is 0 Å². The first-order valence-corrected chi connectivity index (χ1v) is 8.82. The summed E-state index contributed by atoms with van der Waals surface area (Å²) in [5.41, 5.74) is 3.74. The summed E-state index contributed by atoms with van der Waals surface area (Å²) >= 11 is 0. The van der Waals surface area contributed by atoms with Crippen LogP contribution in [0.15, 0.2) is 41.4 Å². The van der Waals surface area contributed by atoms with Gasteiger partial charge in [-0.2, -0.15) is 0 Å². The van der Waals surface area contributed by atoms with Crippen LogP contribution in [0, 0.1) is 0 Å². The van der Waals surface area contributed by atoms with Crippen molar-refractivity contribution in [3.8, 4) is 0 Å². The van der Waals surface area contributed by atoms with Crippen LogP contribution in [-0.4, -0.2) is 30.4 Å². The summed E-state index contributed by atoms with van der Waals surface area (Å²) in [6, 6.07) is 11.8. The Morgan fingerprint density at radius 3 is 2.77 bits per heavy atom. The van der Waals surface area contributed by atoms with Crippen LogP contribution in [-0.2, 0) is 22.5 Å². The van der Waals surface area contributed by atoms with E-state index in [0.29, 0.717) is 12.4 Å². The monoisotopic (exact) mass is 352 g/mol. The van der Waals surface area contributed by atoms with Crippen molar-refractivity contribution in [1.29, 1.82) is 0 Å². The number of rotatable bonds is 6. The number of anilines is 1. The van der Waals surface area contributed by atoms with Crippen molar-refractivity contribution in [2.45, 2.75) is 32.9 Å². The molecule has 0 fully saturated rings. The number of pyridine rings is 1. The first kappa shape index (κ1) is 17.9. The lowest BCUT2D eigenvalue weighted by molar-refractivity contribution is -0.121. The predicted molar refractivity (Wildman–Crippen MR) is 102 cm³/mol. The van der Waals surface area contributed by atoms with Crippen molar-refractivity contribution in [3.05, 3.63) is 58.8 Å². The minimum absolute atomic E-state index is 0.0465. The molecule has 0 unspecified atom stereocenters. The molecule has 2 heterocycles. The number of fused-ring (bicyclic) bond motifs is 1. The van der Waals surface area contributed by atoms with Crippen LogP contribution >= 0.6 is 0 Å². The third-order valence-electron chi connectivity index (χ3n) is 4.32. The summed E-state index contributed by atoms with van der Waals surface area (Å²) in [5, 5.41) is 6.28. The molecule has 26 heavy (non-hydrogen) atoms. The van der Waals surface area contributed by atoms with Gasteiger partial charge in [0.05, 0.1) is 37.4 Å². The Morgan fingerprint density at radius 1 is 1.31 bits per heavy atom. The lowest BCUT2D eigenvalue weighted by Crippen LogP contribution is -2.28. The second-order valence-corrected chi connectivity index (χ2v) is 6.23. The third kappa shape index (κ3) is 3.85. The van der Waals surface area contributed by atoms with E-state index in [-0.39, 0.29) is 18.4 Å². The normalized spacial score (nSPS) is 13.6. The van der Waals surface area contributed by atoms with Gasteiger partial charge in [-0.1, -0.05) is 30.3 Å². The number of nitrogens with one attached hydrogen (secondary N) is 2. The second-order valence-electron chi connectivity index (χ2n) is 6.23. The van der Waals surface area contributed by atoms with E-state index < -0.39 is 0 Å². The highest BCUT2D eigenvalue weighted by molar-refractivity contribution is 6.02. The highest BCUT2D eigenvalue weighted by atomic mass is 16.5. The molecule has 1 aliphatic rings. The fourth-order valence-electron chi connectivity index (χ4n) is 3.09. The maximum absolute atomic E-state index is 12.5. The molecule has 0 saturated heterocycles. The lowest BCUT2D eigenvalue weighted by Gasteiger charge is -2.15. The largest absolute Gasteiger partial charge is 0.481 e. The zero-order chi connectivity index (χ0) is 18.5. The number of hydrogen-bond acceptors (Lipinski definition) is 5. The number of carbonyl (C=O) groups is 1. The van der Waals surface area contributed by atoms with E-state index in [4.69, 9.17) is 4.74 Å². The van der Waals surface area contributed by atoms with Gasteiger partial charge in [-0.05, 0) is 31.0 Å². The van der Waals surface area contributed by atoms with Crippen LogP contribution in [0.2, 0.25) is 0 Å². The summed E-state index contributed by atoms with van der Waals surface area (Å²) in [4.78, 5) is 21.5. The van der Waals surface area contributed by atoms with E-state index in [9.17, 15) is 4.79 Å². The number of carbonyl (C=O) groups excluding carboxylic acids is 1. The molecule has 6 heteroatoms. The Balaban J connectivity index is 1.74. The van der Waals surface area contributed by atoms with Gasteiger partial charge in [0, 0.05) is 6.54 Å².